The maximum Gasteiger partial charge on any atom is 0.411 e. The van der Waals surface area contributed by atoms with Crippen molar-refractivity contribution < 1.29 is 36.9 Å². The van der Waals surface area contributed by atoms with E-state index in [-0.39, 0.29) is 55.7 Å². The van der Waals surface area contributed by atoms with E-state index in [0.29, 0.717) is 65.2 Å². The zero-order valence-corrected chi connectivity index (χ0v) is 39.7. The minimum Gasteiger partial charge on any atom is -0.468 e. The standard InChI is InChI=1S/C49H61F3N6O5Si/c1-30(2)64(31(3)4,32(5)6)20-17-33-13-11-14-34-21-37(62-29-60-10)22-38(40(33)34)42-41(50)43-39(23-53-42)44(56-24-35-15-16-36(25-56)58(35)46(59)63-47(7,8)9)55-45(54-43)61-28-48-18-12-19-57(48)27-49(51,52)26-48/h11,13-16,21-23,30-32,35-36H,12,18-19,24-29H2,1-10H3/t35-,36+,48?. The van der Waals surface area contributed by atoms with Crippen LogP contribution >= 0.6 is 0 Å². The first kappa shape index (κ1) is 45.6. The van der Waals surface area contributed by atoms with Crippen molar-refractivity contribution >= 4 is 41.7 Å². The number of carbonyl (C=O) groups excluding carboxylic acids is 1. The van der Waals surface area contributed by atoms with E-state index in [1.807, 2.05) is 62.1 Å². The number of piperazine rings is 1. The van der Waals surface area contributed by atoms with Crippen LogP contribution in [0.4, 0.5) is 23.8 Å². The first-order chi connectivity index (χ1) is 30.3. The SMILES string of the molecule is COCOc1cc(-c2ncc3c(N4C[C@H]5C=C[C@@H](C4)N5C(=O)OC(C)(C)C)nc(OCC45CCCN4CC(F)(F)C5)nc3c2F)c2c(C#C[Si](C(C)C)(C(C)C)C(C)C)cccc2c1. The van der Waals surface area contributed by atoms with Crippen LogP contribution in [-0.2, 0) is 9.47 Å². The summed E-state index contributed by atoms with van der Waals surface area (Å²) in [7, 11) is -0.632. The summed E-state index contributed by atoms with van der Waals surface area (Å²) in [5.41, 5.74) is 4.69. The summed E-state index contributed by atoms with van der Waals surface area (Å²) in [6, 6.07) is 8.69. The van der Waals surface area contributed by atoms with Gasteiger partial charge in [0.1, 0.15) is 43.1 Å². The maximum absolute atomic E-state index is 17.9. The molecule has 0 saturated carbocycles. The second-order valence-corrected chi connectivity index (χ2v) is 25.5. The predicted molar refractivity (Wildman–Crippen MR) is 246 cm³/mol. The molecule has 1 amide bonds. The van der Waals surface area contributed by atoms with Crippen LogP contribution in [0.5, 0.6) is 11.8 Å². The van der Waals surface area contributed by atoms with E-state index in [9.17, 15) is 13.6 Å². The fraction of sp³-hybridized carbons (Fsp3) is 0.551. The van der Waals surface area contributed by atoms with Crippen LogP contribution in [0.15, 0.2) is 48.7 Å². The average Bonchev–Trinajstić information content (AvgIpc) is 3.81. The van der Waals surface area contributed by atoms with Crippen LogP contribution in [0.2, 0.25) is 16.6 Å². The van der Waals surface area contributed by atoms with Crippen molar-refractivity contribution in [2.45, 2.75) is 127 Å². The normalized spacial score (nSPS) is 21.9. The van der Waals surface area contributed by atoms with Gasteiger partial charge in [-0.2, -0.15) is 9.97 Å². The van der Waals surface area contributed by atoms with E-state index < -0.39 is 37.0 Å². The molecule has 0 spiro atoms. The molecule has 6 heterocycles. The highest BCUT2D eigenvalue weighted by molar-refractivity contribution is 6.90. The number of fused-ring (bicyclic) bond motifs is 5. The molecule has 2 bridgehead atoms. The van der Waals surface area contributed by atoms with Crippen molar-refractivity contribution in [3.05, 3.63) is 60.1 Å². The lowest BCUT2D eigenvalue weighted by atomic mass is 9.94. The molecule has 0 N–H and O–H groups in total. The van der Waals surface area contributed by atoms with E-state index >= 15 is 4.39 Å². The molecule has 4 aliphatic heterocycles. The molecule has 2 aromatic heterocycles. The number of methoxy groups -OCH3 is 1. The fourth-order valence-corrected chi connectivity index (χ4v) is 16.2. The molecule has 64 heavy (non-hydrogen) atoms. The number of aromatic nitrogens is 3. The third-order valence-corrected chi connectivity index (χ3v) is 20.0. The Bertz CT molecular complexity index is 2500. The van der Waals surface area contributed by atoms with Crippen molar-refractivity contribution in [1.29, 1.82) is 0 Å². The zero-order valence-electron chi connectivity index (χ0n) is 38.7. The van der Waals surface area contributed by atoms with Crippen LogP contribution in [0, 0.1) is 17.3 Å². The Hall–Kier alpha value is -4.91. The number of pyridine rings is 1. The van der Waals surface area contributed by atoms with Gasteiger partial charge in [0.25, 0.3) is 5.92 Å². The van der Waals surface area contributed by atoms with Crippen molar-refractivity contribution in [1.82, 2.24) is 24.8 Å². The van der Waals surface area contributed by atoms with Gasteiger partial charge in [0.2, 0.25) is 0 Å². The summed E-state index contributed by atoms with van der Waals surface area (Å²) in [5.74, 6) is 0.875. The number of ether oxygens (including phenoxy) is 4. The molecule has 15 heteroatoms. The van der Waals surface area contributed by atoms with Crippen molar-refractivity contribution in [2.24, 2.45) is 0 Å². The van der Waals surface area contributed by atoms with Gasteiger partial charge in [-0.25, -0.2) is 18.0 Å². The van der Waals surface area contributed by atoms with Gasteiger partial charge in [-0.3, -0.25) is 14.8 Å². The van der Waals surface area contributed by atoms with Crippen LogP contribution < -0.4 is 14.4 Å². The molecule has 0 radical (unpaired) electrons. The van der Waals surface area contributed by atoms with E-state index in [1.54, 1.807) is 22.1 Å². The van der Waals surface area contributed by atoms with Gasteiger partial charge in [0.05, 0.1) is 29.6 Å². The minimum absolute atomic E-state index is 0.0243. The summed E-state index contributed by atoms with van der Waals surface area (Å²) >= 11 is 0. The Kier molecular flexibility index (Phi) is 12.2. The summed E-state index contributed by atoms with van der Waals surface area (Å²) in [6.45, 7) is 19.9. The predicted octanol–water partition coefficient (Wildman–Crippen LogP) is 10.2. The minimum atomic E-state index is -2.85. The summed E-state index contributed by atoms with van der Waals surface area (Å²) in [6.07, 6.45) is 6.08. The lowest BCUT2D eigenvalue weighted by molar-refractivity contribution is 0.00795. The second kappa shape index (κ2) is 17.1. The summed E-state index contributed by atoms with van der Waals surface area (Å²) in [4.78, 5) is 33.3. The van der Waals surface area contributed by atoms with Crippen LogP contribution in [0.25, 0.3) is 32.9 Å². The lowest BCUT2D eigenvalue weighted by Gasteiger charge is -2.42. The Morgan fingerprint density at radius 1 is 1.00 bits per heavy atom. The molecule has 1 unspecified atom stereocenters. The molecular formula is C49H61F3N6O5Si. The molecule has 8 rings (SSSR count). The molecule has 2 aromatic carbocycles. The molecular weight excluding hydrogens is 838 g/mol. The highest BCUT2D eigenvalue weighted by Gasteiger charge is 2.57. The number of benzene rings is 2. The number of amides is 1. The van der Waals surface area contributed by atoms with E-state index in [0.717, 1.165) is 22.8 Å². The first-order valence-corrected chi connectivity index (χ1v) is 24.8. The third-order valence-electron chi connectivity index (χ3n) is 13.7. The van der Waals surface area contributed by atoms with E-state index in [4.69, 9.17) is 33.9 Å². The van der Waals surface area contributed by atoms with Crippen molar-refractivity contribution in [2.75, 3.05) is 51.6 Å². The topological polar surface area (TPSA) is 102 Å². The quantitative estimate of drug-likeness (QED) is 0.0626. The van der Waals surface area contributed by atoms with Gasteiger partial charge in [-0.15, -0.1) is 5.54 Å². The molecule has 3 saturated heterocycles. The monoisotopic (exact) mass is 898 g/mol. The number of halogens is 3. The number of hydrogen-bond donors (Lipinski definition) is 0. The van der Waals surface area contributed by atoms with Crippen molar-refractivity contribution in [3.63, 3.8) is 0 Å². The Labute approximate surface area is 375 Å². The molecule has 3 atom stereocenters. The molecule has 11 nitrogen and oxygen atoms in total. The van der Waals surface area contributed by atoms with Gasteiger partial charge >= 0.3 is 12.1 Å². The summed E-state index contributed by atoms with van der Waals surface area (Å²) in [5, 5.41) is 1.85. The number of alkyl halides is 2. The summed E-state index contributed by atoms with van der Waals surface area (Å²) < 4.78 is 70.9. The maximum atomic E-state index is 17.9. The fourth-order valence-electron chi connectivity index (χ4n) is 11.0. The average molecular weight is 899 g/mol. The van der Waals surface area contributed by atoms with Gasteiger partial charge in [-0.05, 0) is 80.4 Å². The van der Waals surface area contributed by atoms with Gasteiger partial charge in [0.15, 0.2) is 12.6 Å². The lowest BCUT2D eigenvalue weighted by Crippen LogP contribution is -2.57. The van der Waals surface area contributed by atoms with Crippen LogP contribution in [-0.4, -0.2) is 115 Å². The van der Waals surface area contributed by atoms with Crippen molar-refractivity contribution in [3.8, 4) is 34.5 Å². The highest BCUT2D eigenvalue weighted by atomic mass is 28.3. The second-order valence-electron chi connectivity index (χ2n) is 20.0. The van der Waals surface area contributed by atoms with Crippen LogP contribution in [0.1, 0.15) is 87.1 Å². The molecule has 3 fully saturated rings. The van der Waals surface area contributed by atoms with Crippen LogP contribution in [0.3, 0.4) is 0 Å². The third kappa shape index (κ3) is 8.41. The Morgan fingerprint density at radius 2 is 1.70 bits per heavy atom. The largest absolute Gasteiger partial charge is 0.468 e. The number of nitrogens with zero attached hydrogens (tertiary/aromatic N) is 6. The van der Waals surface area contributed by atoms with E-state index in [2.05, 4.69) is 53.0 Å². The molecule has 4 aromatic rings. The Balaban J connectivity index is 1.27. The van der Waals surface area contributed by atoms with Gasteiger partial charge in [-0.1, -0.05) is 71.7 Å². The number of anilines is 1. The Morgan fingerprint density at radius 3 is 2.36 bits per heavy atom. The van der Waals surface area contributed by atoms with Gasteiger partial charge < -0.3 is 23.8 Å². The molecule has 0 aliphatic carbocycles. The molecule has 4 aliphatic rings. The zero-order chi connectivity index (χ0) is 45.9. The number of hydrogen-bond acceptors (Lipinski definition) is 10. The smallest absolute Gasteiger partial charge is 0.411 e. The van der Waals surface area contributed by atoms with Gasteiger partial charge in [0, 0.05) is 49.3 Å². The van der Waals surface area contributed by atoms with E-state index in [1.165, 1.54) is 7.11 Å². The highest BCUT2D eigenvalue weighted by Crippen LogP contribution is 2.47. The first-order valence-electron chi connectivity index (χ1n) is 22.5. The molecule has 342 valence electrons. The number of carbonyl (C=O) groups is 1. The number of rotatable bonds is 11.